The van der Waals surface area contributed by atoms with Gasteiger partial charge in [-0.1, -0.05) is 65.9 Å². The first-order chi connectivity index (χ1) is 13.7. The van der Waals surface area contributed by atoms with E-state index in [4.69, 9.17) is 5.73 Å². The first-order valence-corrected chi connectivity index (χ1v) is 8.22. The van der Waals surface area contributed by atoms with Gasteiger partial charge in [0.2, 0.25) is 11.6 Å². The predicted octanol–water partition coefficient (Wildman–Crippen LogP) is 1.66. The Morgan fingerprint density at radius 1 is 1.07 bits per heavy atom. The molecular weight excluding hydrogens is 360 g/mol. The fourth-order valence-corrected chi connectivity index (χ4v) is 2.53. The molecule has 0 aliphatic heterocycles. The lowest BCUT2D eigenvalue weighted by atomic mass is 10.1. The predicted molar refractivity (Wildman–Crippen MR) is 101 cm³/mol. The van der Waals surface area contributed by atoms with Crippen molar-refractivity contribution in [3.8, 4) is 17.1 Å². The van der Waals surface area contributed by atoms with E-state index in [0.29, 0.717) is 11.3 Å². The van der Waals surface area contributed by atoms with E-state index in [1.54, 1.807) is 0 Å². The zero-order valence-electron chi connectivity index (χ0n) is 14.4. The summed E-state index contributed by atoms with van der Waals surface area (Å²) >= 11 is 0. The zero-order chi connectivity index (χ0) is 19.3. The second-order valence-corrected chi connectivity index (χ2v) is 5.65. The van der Waals surface area contributed by atoms with E-state index in [0.717, 1.165) is 5.56 Å². The molecule has 0 bridgehead atoms. The number of hydrogen-bond acceptors (Lipinski definition) is 8. The molecule has 0 fully saturated rings. The lowest BCUT2D eigenvalue weighted by Crippen LogP contribution is -2.19. The smallest absolute Gasteiger partial charge is 0.294 e. The van der Waals surface area contributed by atoms with Gasteiger partial charge in [-0.3, -0.25) is 4.79 Å². The van der Waals surface area contributed by atoms with Crippen molar-refractivity contribution < 1.29 is 9.42 Å². The molecule has 10 heteroatoms. The normalized spacial score (nSPS) is 11.0. The molecule has 2 heterocycles. The quantitative estimate of drug-likeness (QED) is 0.400. The summed E-state index contributed by atoms with van der Waals surface area (Å²) in [6.45, 7) is 0. The molecule has 0 spiro atoms. The topological polar surface area (TPSA) is 137 Å². The fraction of sp³-hybridized carbons (Fsp3) is 0. The highest BCUT2D eigenvalue weighted by Gasteiger charge is 2.24. The summed E-state index contributed by atoms with van der Waals surface area (Å²) in [6.07, 6.45) is 1.53. The fourth-order valence-electron chi connectivity index (χ4n) is 2.53. The molecule has 4 aromatic rings. The van der Waals surface area contributed by atoms with Crippen LogP contribution in [0.4, 0.5) is 5.82 Å². The van der Waals surface area contributed by atoms with Gasteiger partial charge in [-0.05, 0) is 15.9 Å². The van der Waals surface area contributed by atoms with Gasteiger partial charge >= 0.3 is 0 Å². The molecule has 28 heavy (non-hydrogen) atoms. The molecule has 3 N–H and O–H groups in total. The standard InChI is InChI=1S/C18H14N8O2/c19-16-17(24-28-23-16)26-15(13-9-5-2-6-10-13)14(21-25-26)18(27)22-20-11-12-7-3-1-4-8-12/h1-11H,(H2,19,23)(H,22,27). The first-order valence-electron chi connectivity index (χ1n) is 8.22. The van der Waals surface area contributed by atoms with E-state index < -0.39 is 5.91 Å². The monoisotopic (exact) mass is 374 g/mol. The molecular formula is C18H14N8O2. The van der Waals surface area contributed by atoms with Crippen LogP contribution in [0.2, 0.25) is 0 Å². The Morgan fingerprint density at radius 2 is 1.79 bits per heavy atom. The molecule has 0 aliphatic rings. The van der Waals surface area contributed by atoms with Gasteiger partial charge in [0.15, 0.2) is 5.69 Å². The number of nitrogens with one attached hydrogen (secondary N) is 1. The van der Waals surface area contributed by atoms with Crippen molar-refractivity contribution in [3.63, 3.8) is 0 Å². The second-order valence-electron chi connectivity index (χ2n) is 5.65. The summed E-state index contributed by atoms with van der Waals surface area (Å²) in [5.74, 6) is -0.373. The van der Waals surface area contributed by atoms with Crippen molar-refractivity contribution in [3.05, 3.63) is 71.9 Å². The molecule has 4 rings (SSSR count). The van der Waals surface area contributed by atoms with Crippen LogP contribution in [-0.4, -0.2) is 37.4 Å². The number of anilines is 1. The third-order valence-electron chi connectivity index (χ3n) is 3.81. The Kier molecular flexibility index (Phi) is 4.58. The first kappa shape index (κ1) is 17.1. The minimum atomic E-state index is -0.535. The SMILES string of the molecule is Nc1nonc1-n1nnc(C(=O)NN=Cc2ccccc2)c1-c1ccccc1. The van der Waals surface area contributed by atoms with Crippen LogP contribution in [0.25, 0.3) is 17.1 Å². The largest absolute Gasteiger partial charge is 0.378 e. The lowest BCUT2D eigenvalue weighted by Gasteiger charge is -2.05. The van der Waals surface area contributed by atoms with E-state index in [9.17, 15) is 4.79 Å². The minimum Gasteiger partial charge on any atom is -0.378 e. The van der Waals surface area contributed by atoms with Crippen LogP contribution in [-0.2, 0) is 0 Å². The maximum Gasteiger partial charge on any atom is 0.294 e. The number of carbonyl (C=O) groups is 1. The van der Waals surface area contributed by atoms with Crippen molar-refractivity contribution >= 4 is 17.9 Å². The Hall–Kier alpha value is -4.34. The van der Waals surface area contributed by atoms with Crippen LogP contribution in [0.15, 0.2) is 70.4 Å². The Labute approximate surface area is 158 Å². The summed E-state index contributed by atoms with van der Waals surface area (Å²) < 4.78 is 5.94. The molecule has 2 aromatic heterocycles. The number of rotatable bonds is 5. The molecule has 1 amide bonds. The van der Waals surface area contributed by atoms with Crippen LogP contribution in [0.3, 0.4) is 0 Å². The van der Waals surface area contributed by atoms with Gasteiger partial charge in [0, 0.05) is 5.56 Å². The molecule has 10 nitrogen and oxygen atoms in total. The highest BCUT2D eigenvalue weighted by atomic mass is 16.6. The van der Waals surface area contributed by atoms with E-state index >= 15 is 0 Å². The Balaban J connectivity index is 1.69. The maximum atomic E-state index is 12.7. The van der Waals surface area contributed by atoms with E-state index in [-0.39, 0.29) is 17.3 Å². The van der Waals surface area contributed by atoms with Gasteiger partial charge in [0.25, 0.3) is 5.91 Å². The summed E-state index contributed by atoms with van der Waals surface area (Å²) in [5, 5.41) is 19.2. The number of nitrogens with zero attached hydrogens (tertiary/aromatic N) is 6. The summed E-state index contributed by atoms with van der Waals surface area (Å²) in [5.41, 5.74) is 10.2. The highest BCUT2D eigenvalue weighted by molar-refractivity contribution is 5.98. The molecule has 0 saturated carbocycles. The minimum absolute atomic E-state index is 0.0242. The van der Waals surface area contributed by atoms with Crippen molar-refractivity contribution in [1.29, 1.82) is 0 Å². The third-order valence-corrected chi connectivity index (χ3v) is 3.81. The lowest BCUT2D eigenvalue weighted by molar-refractivity contribution is 0.0950. The number of hydrazone groups is 1. The number of nitrogens with two attached hydrogens (primary N) is 1. The number of amides is 1. The summed E-state index contributed by atoms with van der Waals surface area (Å²) in [6, 6.07) is 18.5. The maximum absolute atomic E-state index is 12.7. The van der Waals surface area contributed by atoms with Crippen molar-refractivity contribution in [2.24, 2.45) is 5.10 Å². The Bertz CT molecular complexity index is 1120. The van der Waals surface area contributed by atoms with Gasteiger partial charge in [0.1, 0.15) is 5.69 Å². The van der Waals surface area contributed by atoms with Crippen LogP contribution >= 0.6 is 0 Å². The van der Waals surface area contributed by atoms with E-state index in [1.165, 1.54) is 10.9 Å². The number of carbonyl (C=O) groups excluding carboxylic acids is 1. The summed E-state index contributed by atoms with van der Waals surface area (Å²) in [4.78, 5) is 12.7. The number of nitrogen functional groups attached to an aromatic ring is 1. The van der Waals surface area contributed by atoms with Crippen LogP contribution in [0.1, 0.15) is 16.1 Å². The van der Waals surface area contributed by atoms with Gasteiger partial charge in [0.05, 0.1) is 6.21 Å². The van der Waals surface area contributed by atoms with Crippen LogP contribution in [0.5, 0.6) is 0 Å². The van der Waals surface area contributed by atoms with Crippen LogP contribution in [0, 0.1) is 0 Å². The summed E-state index contributed by atoms with van der Waals surface area (Å²) in [7, 11) is 0. The molecule has 0 unspecified atom stereocenters. The van der Waals surface area contributed by atoms with Crippen molar-refractivity contribution in [2.45, 2.75) is 0 Å². The molecule has 0 aliphatic carbocycles. The molecule has 138 valence electrons. The number of hydrogen-bond donors (Lipinski definition) is 2. The average Bonchev–Trinajstić information content (AvgIpc) is 3.35. The Morgan fingerprint density at radius 3 is 2.46 bits per heavy atom. The van der Waals surface area contributed by atoms with Crippen molar-refractivity contribution in [2.75, 3.05) is 5.73 Å². The van der Waals surface area contributed by atoms with Gasteiger partial charge in [-0.25, -0.2) is 10.1 Å². The highest BCUT2D eigenvalue weighted by Crippen LogP contribution is 2.26. The molecule has 2 aromatic carbocycles. The van der Waals surface area contributed by atoms with Crippen molar-refractivity contribution in [1.82, 2.24) is 30.7 Å². The van der Waals surface area contributed by atoms with Crippen LogP contribution < -0.4 is 11.2 Å². The number of benzene rings is 2. The van der Waals surface area contributed by atoms with Gasteiger partial charge in [-0.15, -0.1) is 5.10 Å². The molecule has 0 saturated heterocycles. The van der Waals surface area contributed by atoms with E-state index in [1.807, 2.05) is 60.7 Å². The third kappa shape index (κ3) is 3.33. The van der Waals surface area contributed by atoms with Gasteiger partial charge in [-0.2, -0.15) is 9.78 Å². The molecule has 0 atom stereocenters. The molecule has 0 radical (unpaired) electrons. The van der Waals surface area contributed by atoms with E-state index in [2.05, 4.69) is 35.8 Å². The second kappa shape index (κ2) is 7.50. The zero-order valence-corrected chi connectivity index (χ0v) is 14.4. The number of aromatic nitrogens is 5. The van der Waals surface area contributed by atoms with Gasteiger partial charge < -0.3 is 5.73 Å². The average molecular weight is 374 g/mol.